The number of hydrogen-bond acceptors (Lipinski definition) is 4. The van der Waals surface area contributed by atoms with Crippen molar-refractivity contribution in [2.75, 3.05) is 5.32 Å². The van der Waals surface area contributed by atoms with Crippen LogP contribution in [0.1, 0.15) is 12.0 Å². The van der Waals surface area contributed by atoms with Gasteiger partial charge < -0.3 is 10.3 Å². The van der Waals surface area contributed by atoms with Crippen molar-refractivity contribution in [3.63, 3.8) is 0 Å². The monoisotopic (exact) mass is 337 g/mol. The van der Waals surface area contributed by atoms with Crippen LogP contribution in [0.15, 0.2) is 58.5 Å². The molecule has 0 aliphatic carbocycles. The lowest BCUT2D eigenvalue weighted by molar-refractivity contribution is -0.115. The molecule has 1 atom stereocenters. The number of aromatic nitrogens is 2. The maximum absolute atomic E-state index is 12.5. The fourth-order valence-corrected chi connectivity index (χ4v) is 3.83. The molecule has 6 heteroatoms. The molecule has 1 aromatic heterocycles. The third-order valence-corrected chi connectivity index (χ3v) is 5.24. The van der Waals surface area contributed by atoms with E-state index in [1.807, 2.05) is 36.4 Å². The molecule has 24 heavy (non-hydrogen) atoms. The summed E-state index contributed by atoms with van der Waals surface area (Å²) in [6.45, 7) is 0. The maximum atomic E-state index is 12.5. The van der Waals surface area contributed by atoms with Crippen molar-refractivity contribution in [2.45, 2.75) is 23.2 Å². The molecule has 0 unspecified atom stereocenters. The number of H-pyrrole nitrogens is 1. The SMILES string of the molecule is O=C1Nc2ccccc2CC[C@H]1Sc1nc2ccccc2c(=O)[nH]1. The second kappa shape index (κ2) is 6.13. The van der Waals surface area contributed by atoms with Crippen LogP contribution in [-0.4, -0.2) is 21.1 Å². The molecule has 2 aromatic carbocycles. The van der Waals surface area contributed by atoms with E-state index < -0.39 is 0 Å². The lowest BCUT2D eigenvalue weighted by atomic mass is 10.1. The molecule has 0 spiro atoms. The highest BCUT2D eigenvalue weighted by atomic mass is 32.2. The fourth-order valence-electron chi connectivity index (χ4n) is 2.86. The highest BCUT2D eigenvalue weighted by Gasteiger charge is 2.25. The minimum Gasteiger partial charge on any atom is -0.325 e. The first-order valence-electron chi connectivity index (χ1n) is 7.75. The summed E-state index contributed by atoms with van der Waals surface area (Å²) in [6, 6.07) is 15.0. The first-order chi connectivity index (χ1) is 11.7. The second-order valence-corrected chi connectivity index (χ2v) is 6.87. The molecule has 3 aromatic rings. The predicted octanol–water partition coefficient (Wildman–Crippen LogP) is 2.97. The van der Waals surface area contributed by atoms with Gasteiger partial charge in [0.2, 0.25) is 5.91 Å². The molecular weight excluding hydrogens is 322 g/mol. The van der Waals surface area contributed by atoms with Gasteiger partial charge in [0, 0.05) is 5.69 Å². The van der Waals surface area contributed by atoms with Gasteiger partial charge in [0.15, 0.2) is 5.16 Å². The van der Waals surface area contributed by atoms with Gasteiger partial charge in [0.05, 0.1) is 16.2 Å². The Labute approximate surface area is 142 Å². The first kappa shape index (κ1) is 15.0. The van der Waals surface area contributed by atoms with Crippen molar-refractivity contribution in [3.05, 3.63) is 64.4 Å². The van der Waals surface area contributed by atoms with E-state index in [1.54, 1.807) is 12.1 Å². The highest BCUT2D eigenvalue weighted by molar-refractivity contribution is 8.00. The Bertz CT molecular complexity index is 983. The third kappa shape index (κ3) is 2.80. The standard InChI is InChI=1S/C18H15N3O2S/c22-16-12-6-2-4-8-14(12)20-18(21-16)24-15-10-9-11-5-1-3-7-13(11)19-17(15)23/h1-8,15H,9-10H2,(H,19,23)(H,20,21,22)/t15-/m1/s1. The minimum atomic E-state index is -0.290. The molecule has 0 saturated carbocycles. The number of benzene rings is 2. The Morgan fingerprint density at radius 2 is 1.83 bits per heavy atom. The van der Waals surface area contributed by atoms with Crippen molar-refractivity contribution in [1.29, 1.82) is 0 Å². The quantitative estimate of drug-likeness (QED) is 0.705. The fraction of sp³-hybridized carbons (Fsp3) is 0.167. The normalized spacial score (nSPS) is 17.2. The number of nitrogens with zero attached hydrogens (tertiary/aromatic N) is 1. The van der Waals surface area contributed by atoms with Gasteiger partial charge in [-0.1, -0.05) is 42.1 Å². The third-order valence-electron chi connectivity index (χ3n) is 4.09. The lowest BCUT2D eigenvalue weighted by Gasteiger charge is -2.12. The number of anilines is 1. The van der Waals surface area contributed by atoms with Gasteiger partial charge in [-0.3, -0.25) is 9.59 Å². The molecule has 1 amide bonds. The molecule has 1 aliphatic heterocycles. The number of thioether (sulfide) groups is 1. The minimum absolute atomic E-state index is 0.0549. The van der Waals surface area contributed by atoms with Crippen LogP contribution >= 0.6 is 11.8 Å². The van der Waals surface area contributed by atoms with Crippen LogP contribution in [0.3, 0.4) is 0 Å². The molecule has 1 aliphatic rings. The summed E-state index contributed by atoms with van der Waals surface area (Å²) in [5, 5.41) is 3.71. The number of fused-ring (bicyclic) bond motifs is 2. The van der Waals surface area contributed by atoms with Gasteiger partial charge >= 0.3 is 0 Å². The molecule has 0 bridgehead atoms. The van der Waals surface area contributed by atoms with Gasteiger partial charge in [-0.05, 0) is 36.6 Å². The average Bonchev–Trinajstić information content (AvgIpc) is 2.74. The van der Waals surface area contributed by atoms with Crippen LogP contribution in [0.25, 0.3) is 10.9 Å². The van der Waals surface area contributed by atoms with E-state index in [4.69, 9.17) is 0 Å². The Morgan fingerprint density at radius 3 is 2.75 bits per heavy atom. The molecule has 0 saturated heterocycles. The molecule has 5 nitrogen and oxygen atoms in total. The summed E-state index contributed by atoms with van der Waals surface area (Å²) < 4.78 is 0. The number of hydrogen-bond donors (Lipinski definition) is 2. The van der Waals surface area contributed by atoms with E-state index in [2.05, 4.69) is 15.3 Å². The number of rotatable bonds is 2. The van der Waals surface area contributed by atoms with Gasteiger partial charge in [-0.25, -0.2) is 4.98 Å². The van der Waals surface area contributed by atoms with Crippen LogP contribution in [0.4, 0.5) is 5.69 Å². The zero-order chi connectivity index (χ0) is 16.5. The molecule has 0 radical (unpaired) electrons. The summed E-state index contributed by atoms with van der Waals surface area (Å²) in [4.78, 5) is 31.9. The number of carbonyl (C=O) groups excluding carboxylic acids is 1. The van der Waals surface area contributed by atoms with Crippen LogP contribution in [0.2, 0.25) is 0 Å². The number of carbonyl (C=O) groups is 1. The summed E-state index contributed by atoms with van der Waals surface area (Å²) >= 11 is 1.31. The Morgan fingerprint density at radius 1 is 1.04 bits per heavy atom. The predicted molar refractivity (Wildman–Crippen MR) is 95.4 cm³/mol. The van der Waals surface area contributed by atoms with Crippen molar-refractivity contribution in [1.82, 2.24) is 9.97 Å². The summed E-state index contributed by atoms with van der Waals surface area (Å²) in [5.74, 6) is -0.0549. The summed E-state index contributed by atoms with van der Waals surface area (Å²) in [7, 11) is 0. The topological polar surface area (TPSA) is 74.8 Å². The van der Waals surface area contributed by atoms with E-state index in [-0.39, 0.29) is 16.7 Å². The molecule has 0 fully saturated rings. The van der Waals surface area contributed by atoms with E-state index in [0.717, 1.165) is 17.7 Å². The largest absolute Gasteiger partial charge is 0.325 e. The van der Waals surface area contributed by atoms with E-state index >= 15 is 0 Å². The van der Waals surface area contributed by atoms with Crippen LogP contribution in [-0.2, 0) is 11.2 Å². The Hall–Kier alpha value is -2.60. The number of aromatic amines is 1. The van der Waals surface area contributed by atoms with Gasteiger partial charge in [0.25, 0.3) is 5.56 Å². The van der Waals surface area contributed by atoms with Crippen molar-refractivity contribution >= 4 is 34.3 Å². The van der Waals surface area contributed by atoms with Crippen LogP contribution in [0, 0.1) is 0 Å². The van der Waals surface area contributed by atoms with E-state index in [9.17, 15) is 9.59 Å². The summed E-state index contributed by atoms with van der Waals surface area (Å²) in [5.41, 5.74) is 2.46. The Kier molecular flexibility index (Phi) is 3.82. The van der Waals surface area contributed by atoms with Crippen LogP contribution in [0.5, 0.6) is 0 Å². The van der Waals surface area contributed by atoms with Gasteiger partial charge in [-0.2, -0.15) is 0 Å². The zero-order valence-corrected chi connectivity index (χ0v) is 13.6. The molecule has 120 valence electrons. The number of para-hydroxylation sites is 2. The van der Waals surface area contributed by atoms with E-state index in [0.29, 0.717) is 22.5 Å². The number of aryl methyl sites for hydroxylation is 1. The van der Waals surface area contributed by atoms with Crippen molar-refractivity contribution in [2.24, 2.45) is 0 Å². The van der Waals surface area contributed by atoms with E-state index in [1.165, 1.54) is 11.8 Å². The van der Waals surface area contributed by atoms with Gasteiger partial charge in [0.1, 0.15) is 0 Å². The smallest absolute Gasteiger partial charge is 0.259 e. The molecule has 2 heterocycles. The highest BCUT2D eigenvalue weighted by Crippen LogP contribution is 2.30. The lowest BCUT2D eigenvalue weighted by Crippen LogP contribution is -2.24. The van der Waals surface area contributed by atoms with Crippen LogP contribution < -0.4 is 10.9 Å². The molecule has 4 rings (SSSR count). The van der Waals surface area contributed by atoms with Crippen molar-refractivity contribution in [3.8, 4) is 0 Å². The number of amides is 1. The second-order valence-electron chi connectivity index (χ2n) is 5.68. The first-order valence-corrected chi connectivity index (χ1v) is 8.63. The van der Waals surface area contributed by atoms with Crippen molar-refractivity contribution < 1.29 is 4.79 Å². The zero-order valence-electron chi connectivity index (χ0n) is 12.8. The number of nitrogens with one attached hydrogen (secondary N) is 2. The molecular formula is C18H15N3O2S. The Balaban J connectivity index is 1.62. The maximum Gasteiger partial charge on any atom is 0.259 e. The summed E-state index contributed by atoms with van der Waals surface area (Å²) in [6.07, 6.45) is 1.51. The average molecular weight is 337 g/mol. The van der Waals surface area contributed by atoms with Gasteiger partial charge in [-0.15, -0.1) is 0 Å². The molecule has 2 N–H and O–H groups in total.